The number of carbonyl (C=O) groups is 2. The van der Waals surface area contributed by atoms with Crippen molar-refractivity contribution in [1.82, 2.24) is 4.90 Å². The summed E-state index contributed by atoms with van der Waals surface area (Å²) in [6, 6.07) is 17.5. The Morgan fingerprint density at radius 2 is 1.75 bits per heavy atom. The van der Waals surface area contributed by atoms with E-state index in [-0.39, 0.29) is 36.4 Å². The smallest absolute Gasteiger partial charge is 0.323 e. The Balaban J connectivity index is 1.49. The van der Waals surface area contributed by atoms with Crippen LogP contribution in [0.5, 0.6) is 5.75 Å². The van der Waals surface area contributed by atoms with Gasteiger partial charge in [0.15, 0.2) is 0 Å². The summed E-state index contributed by atoms with van der Waals surface area (Å²) in [7, 11) is 1.63. The van der Waals surface area contributed by atoms with E-state index in [0.29, 0.717) is 13.1 Å². The number of nitrogens with zero attached hydrogens (tertiary/aromatic N) is 1. The van der Waals surface area contributed by atoms with Crippen molar-refractivity contribution in [3.8, 4) is 5.75 Å². The molecule has 0 amide bonds. The van der Waals surface area contributed by atoms with Crippen molar-refractivity contribution in [2.45, 2.75) is 50.7 Å². The number of rotatable bonds is 8. The lowest BCUT2D eigenvalue weighted by Gasteiger charge is -2.35. The second kappa shape index (κ2) is 10.8. The lowest BCUT2D eigenvalue weighted by molar-refractivity contribution is -0.154. The van der Waals surface area contributed by atoms with Crippen molar-refractivity contribution in [2.75, 3.05) is 20.2 Å². The third-order valence-electron chi connectivity index (χ3n) is 7.07. The van der Waals surface area contributed by atoms with Gasteiger partial charge in [-0.1, -0.05) is 61.7 Å². The molecule has 2 aromatic carbocycles. The first-order valence-corrected chi connectivity index (χ1v) is 11.7. The molecule has 0 bridgehead atoms. The summed E-state index contributed by atoms with van der Waals surface area (Å²) in [6.45, 7) is 1.58. The zero-order valence-corrected chi connectivity index (χ0v) is 18.8. The van der Waals surface area contributed by atoms with Gasteiger partial charge in [-0.05, 0) is 42.0 Å². The van der Waals surface area contributed by atoms with Gasteiger partial charge in [-0.2, -0.15) is 0 Å². The highest BCUT2D eigenvalue weighted by Crippen LogP contribution is 2.37. The molecule has 0 spiro atoms. The highest BCUT2D eigenvalue weighted by molar-refractivity contribution is 5.76. The SMILES string of the molecule is COc1ccc(COC(=O)[C@@H](C2CCCCC2)N2C[C@H](c3ccccc3)[C@@H](C=O)C2)cc1. The molecule has 2 aliphatic rings. The quantitative estimate of drug-likeness (QED) is 0.448. The highest BCUT2D eigenvalue weighted by Gasteiger charge is 2.43. The minimum Gasteiger partial charge on any atom is -0.497 e. The number of benzene rings is 2. The molecular formula is C27H33NO4. The van der Waals surface area contributed by atoms with Crippen LogP contribution in [0.3, 0.4) is 0 Å². The maximum Gasteiger partial charge on any atom is 0.323 e. The number of methoxy groups -OCH3 is 1. The van der Waals surface area contributed by atoms with Crippen molar-refractivity contribution < 1.29 is 19.1 Å². The average Bonchev–Trinajstić information content (AvgIpc) is 3.28. The van der Waals surface area contributed by atoms with Crippen molar-refractivity contribution in [2.24, 2.45) is 11.8 Å². The zero-order valence-electron chi connectivity index (χ0n) is 18.8. The van der Waals surface area contributed by atoms with E-state index < -0.39 is 0 Å². The minimum absolute atomic E-state index is 0.0992. The van der Waals surface area contributed by atoms with Gasteiger partial charge in [0.25, 0.3) is 0 Å². The molecule has 0 radical (unpaired) electrons. The maximum absolute atomic E-state index is 13.4. The Kier molecular flexibility index (Phi) is 7.59. The molecule has 4 rings (SSSR count). The fourth-order valence-corrected chi connectivity index (χ4v) is 5.33. The van der Waals surface area contributed by atoms with E-state index in [1.165, 1.54) is 12.0 Å². The van der Waals surface area contributed by atoms with Gasteiger partial charge < -0.3 is 14.3 Å². The Labute approximate surface area is 190 Å². The lowest BCUT2D eigenvalue weighted by atomic mass is 9.83. The number of hydrogen-bond acceptors (Lipinski definition) is 5. The van der Waals surface area contributed by atoms with Crippen molar-refractivity contribution >= 4 is 12.3 Å². The third kappa shape index (κ3) is 5.21. The second-order valence-electron chi connectivity index (χ2n) is 9.07. The topological polar surface area (TPSA) is 55.8 Å². The molecule has 1 aliphatic heterocycles. The van der Waals surface area contributed by atoms with Crippen LogP contribution in [-0.2, 0) is 20.9 Å². The van der Waals surface area contributed by atoms with Crippen LogP contribution in [0, 0.1) is 11.8 Å². The third-order valence-corrected chi connectivity index (χ3v) is 7.07. The predicted octanol–water partition coefficient (Wildman–Crippen LogP) is 4.60. The monoisotopic (exact) mass is 435 g/mol. The van der Waals surface area contributed by atoms with Crippen LogP contribution in [0.25, 0.3) is 0 Å². The first-order valence-electron chi connectivity index (χ1n) is 11.7. The van der Waals surface area contributed by atoms with Crippen LogP contribution in [0.1, 0.15) is 49.1 Å². The molecule has 170 valence electrons. The number of esters is 1. The minimum atomic E-state index is -0.287. The highest BCUT2D eigenvalue weighted by atomic mass is 16.5. The van der Waals surface area contributed by atoms with Crippen LogP contribution in [0.15, 0.2) is 54.6 Å². The molecule has 32 heavy (non-hydrogen) atoms. The van der Waals surface area contributed by atoms with Crippen LogP contribution >= 0.6 is 0 Å². The Hall–Kier alpha value is -2.66. The lowest BCUT2D eigenvalue weighted by Crippen LogP contribution is -2.46. The Bertz CT molecular complexity index is 876. The predicted molar refractivity (Wildman–Crippen MR) is 123 cm³/mol. The average molecular weight is 436 g/mol. The van der Waals surface area contributed by atoms with Crippen molar-refractivity contribution in [1.29, 1.82) is 0 Å². The van der Waals surface area contributed by atoms with Crippen LogP contribution in [-0.4, -0.2) is 43.4 Å². The molecule has 0 unspecified atom stereocenters. The fourth-order valence-electron chi connectivity index (χ4n) is 5.33. The standard InChI is InChI=1S/C27H33NO4/c1-31-24-14-12-20(13-15-24)19-32-27(30)26(22-10-6-3-7-11-22)28-16-23(18-29)25(17-28)21-8-4-2-5-9-21/h2,4-5,8-9,12-15,18,22-23,25-26H,3,6-7,10-11,16-17,19H2,1H3/t23-,25-,26-/m1/s1. The molecule has 1 saturated heterocycles. The van der Waals surface area contributed by atoms with E-state index in [2.05, 4.69) is 17.0 Å². The zero-order chi connectivity index (χ0) is 22.3. The van der Waals surface area contributed by atoms with Gasteiger partial charge in [0.05, 0.1) is 7.11 Å². The van der Waals surface area contributed by atoms with Crippen molar-refractivity contribution in [3.05, 3.63) is 65.7 Å². The molecule has 1 saturated carbocycles. The largest absolute Gasteiger partial charge is 0.497 e. The number of likely N-dealkylation sites (tertiary alicyclic amines) is 1. The van der Waals surface area contributed by atoms with E-state index >= 15 is 0 Å². The molecule has 5 heteroatoms. The van der Waals surface area contributed by atoms with Gasteiger partial charge >= 0.3 is 5.97 Å². The summed E-state index contributed by atoms with van der Waals surface area (Å²) in [5, 5.41) is 0. The van der Waals surface area contributed by atoms with E-state index in [4.69, 9.17) is 9.47 Å². The normalized spacial score (nSPS) is 22.9. The number of hydrogen-bond donors (Lipinski definition) is 0. The molecule has 1 heterocycles. The van der Waals surface area contributed by atoms with Gasteiger partial charge in [-0.15, -0.1) is 0 Å². The molecule has 5 nitrogen and oxygen atoms in total. The van der Waals surface area contributed by atoms with E-state index in [0.717, 1.165) is 43.3 Å². The summed E-state index contributed by atoms with van der Waals surface area (Å²) in [5.74, 6) is 0.927. The second-order valence-corrected chi connectivity index (χ2v) is 9.07. The van der Waals surface area contributed by atoms with Gasteiger partial charge in [0.2, 0.25) is 0 Å². The molecule has 2 fully saturated rings. The summed E-state index contributed by atoms with van der Waals surface area (Å²) >= 11 is 0. The molecule has 1 aliphatic carbocycles. The number of aldehydes is 1. The molecular weight excluding hydrogens is 402 g/mol. The molecule has 3 atom stereocenters. The van der Waals surface area contributed by atoms with E-state index in [1.807, 2.05) is 42.5 Å². The Morgan fingerprint density at radius 1 is 1.03 bits per heavy atom. The molecule has 0 aromatic heterocycles. The number of carbonyl (C=O) groups excluding carboxylic acids is 2. The van der Waals surface area contributed by atoms with Crippen LogP contribution in [0.2, 0.25) is 0 Å². The fraction of sp³-hybridized carbons (Fsp3) is 0.481. The van der Waals surface area contributed by atoms with Crippen LogP contribution < -0.4 is 4.74 Å². The maximum atomic E-state index is 13.4. The van der Waals surface area contributed by atoms with Crippen molar-refractivity contribution in [3.63, 3.8) is 0 Å². The number of ether oxygens (including phenoxy) is 2. The Morgan fingerprint density at radius 3 is 2.41 bits per heavy atom. The van der Waals surface area contributed by atoms with E-state index in [9.17, 15) is 9.59 Å². The summed E-state index contributed by atoms with van der Waals surface area (Å²) in [4.78, 5) is 27.5. The molecule has 0 N–H and O–H groups in total. The van der Waals surface area contributed by atoms with Crippen LogP contribution in [0.4, 0.5) is 0 Å². The summed E-state index contributed by atoms with van der Waals surface area (Å²) in [5.41, 5.74) is 2.11. The van der Waals surface area contributed by atoms with E-state index in [1.54, 1.807) is 7.11 Å². The van der Waals surface area contributed by atoms with Gasteiger partial charge in [0, 0.05) is 24.9 Å². The first kappa shape index (κ1) is 22.5. The summed E-state index contributed by atoms with van der Waals surface area (Å²) < 4.78 is 11.0. The van der Waals surface area contributed by atoms with Gasteiger partial charge in [0.1, 0.15) is 24.7 Å². The van der Waals surface area contributed by atoms with Gasteiger partial charge in [-0.25, -0.2) is 0 Å². The molecule has 2 aromatic rings. The summed E-state index contributed by atoms with van der Waals surface area (Å²) in [6.07, 6.45) is 6.69. The van der Waals surface area contributed by atoms with Gasteiger partial charge in [-0.3, -0.25) is 9.69 Å². The first-order chi connectivity index (χ1) is 15.7.